The van der Waals surface area contributed by atoms with Crippen LogP contribution in [0.3, 0.4) is 0 Å². The van der Waals surface area contributed by atoms with Crippen LogP contribution >= 0.6 is 43.5 Å². The highest BCUT2D eigenvalue weighted by Gasteiger charge is 2.09. The zero-order valence-corrected chi connectivity index (χ0v) is 13.2. The van der Waals surface area contributed by atoms with Gasteiger partial charge in [-0.1, -0.05) is 11.6 Å². The number of benzene rings is 1. The van der Waals surface area contributed by atoms with Gasteiger partial charge in [-0.3, -0.25) is 0 Å². The SMILES string of the molecule is Cc1nc(Nc2c(Cl)cc(F)cc2Br)ccc1Br. The van der Waals surface area contributed by atoms with Crippen LogP contribution in [-0.4, -0.2) is 4.98 Å². The quantitative estimate of drug-likeness (QED) is 0.733. The summed E-state index contributed by atoms with van der Waals surface area (Å²) in [6.45, 7) is 1.89. The van der Waals surface area contributed by atoms with Crippen molar-refractivity contribution < 1.29 is 4.39 Å². The zero-order valence-electron chi connectivity index (χ0n) is 9.27. The number of hydrogen-bond acceptors (Lipinski definition) is 2. The molecule has 0 aliphatic rings. The van der Waals surface area contributed by atoms with E-state index in [1.807, 2.05) is 19.1 Å². The molecule has 0 atom stereocenters. The first-order chi connectivity index (χ1) is 8.47. The van der Waals surface area contributed by atoms with Crippen molar-refractivity contribution in [3.8, 4) is 0 Å². The Kier molecular flexibility index (Phi) is 4.25. The van der Waals surface area contributed by atoms with E-state index in [0.717, 1.165) is 10.2 Å². The topological polar surface area (TPSA) is 24.9 Å². The maximum atomic E-state index is 13.1. The van der Waals surface area contributed by atoms with Gasteiger partial charge < -0.3 is 5.32 Å². The molecule has 0 radical (unpaired) electrons. The standard InChI is InChI=1S/C12H8Br2ClFN2/c1-6-8(13)2-3-11(17-6)18-12-9(14)4-7(16)5-10(12)15/h2-5H,1H3,(H,17,18). The van der Waals surface area contributed by atoms with Crippen LogP contribution in [0, 0.1) is 12.7 Å². The van der Waals surface area contributed by atoms with E-state index in [1.165, 1.54) is 12.1 Å². The van der Waals surface area contributed by atoms with Crippen molar-refractivity contribution >= 4 is 55.0 Å². The van der Waals surface area contributed by atoms with E-state index < -0.39 is 5.82 Å². The van der Waals surface area contributed by atoms with Gasteiger partial charge in [-0.15, -0.1) is 0 Å². The van der Waals surface area contributed by atoms with Gasteiger partial charge in [0.25, 0.3) is 0 Å². The number of aromatic nitrogens is 1. The van der Waals surface area contributed by atoms with Crippen molar-refractivity contribution in [3.63, 3.8) is 0 Å². The molecular weight excluding hydrogens is 386 g/mol. The summed E-state index contributed by atoms with van der Waals surface area (Å²) in [5.74, 6) is 0.252. The van der Waals surface area contributed by atoms with E-state index >= 15 is 0 Å². The highest BCUT2D eigenvalue weighted by molar-refractivity contribution is 9.10. The number of anilines is 2. The third kappa shape index (κ3) is 3.02. The normalized spacial score (nSPS) is 10.5. The molecule has 0 fully saturated rings. The molecule has 0 aliphatic heterocycles. The number of hydrogen-bond donors (Lipinski definition) is 1. The molecule has 94 valence electrons. The summed E-state index contributed by atoms with van der Waals surface area (Å²) in [6, 6.07) is 6.29. The van der Waals surface area contributed by atoms with Crippen LogP contribution in [0.5, 0.6) is 0 Å². The molecule has 0 saturated carbocycles. The van der Waals surface area contributed by atoms with Gasteiger partial charge in [0.05, 0.1) is 16.4 Å². The van der Waals surface area contributed by atoms with Crippen LogP contribution in [0.15, 0.2) is 33.2 Å². The van der Waals surface area contributed by atoms with E-state index in [9.17, 15) is 4.39 Å². The second-order valence-corrected chi connectivity index (χ2v) is 5.75. The molecule has 1 aromatic carbocycles. The highest BCUT2D eigenvalue weighted by Crippen LogP contribution is 2.33. The molecule has 18 heavy (non-hydrogen) atoms. The molecule has 1 N–H and O–H groups in total. The minimum atomic E-state index is -0.391. The highest BCUT2D eigenvalue weighted by atomic mass is 79.9. The van der Waals surface area contributed by atoms with E-state index in [1.54, 1.807) is 0 Å². The number of halogens is 4. The second kappa shape index (κ2) is 5.55. The number of nitrogens with zero attached hydrogens (tertiary/aromatic N) is 1. The average molecular weight is 394 g/mol. The van der Waals surface area contributed by atoms with Crippen LogP contribution in [-0.2, 0) is 0 Å². The molecule has 0 spiro atoms. The molecule has 0 aliphatic carbocycles. The maximum Gasteiger partial charge on any atom is 0.130 e. The number of nitrogens with one attached hydrogen (secondary N) is 1. The molecule has 0 unspecified atom stereocenters. The zero-order chi connectivity index (χ0) is 13.3. The Bertz CT molecular complexity index is 582. The Morgan fingerprint density at radius 3 is 2.56 bits per heavy atom. The fourth-order valence-corrected chi connectivity index (χ4v) is 2.52. The summed E-state index contributed by atoms with van der Waals surface area (Å²) in [7, 11) is 0. The largest absolute Gasteiger partial charge is 0.338 e. The van der Waals surface area contributed by atoms with Crippen molar-refractivity contribution in [2.24, 2.45) is 0 Å². The minimum absolute atomic E-state index is 0.296. The number of aryl methyl sites for hydroxylation is 1. The van der Waals surface area contributed by atoms with Crippen LogP contribution in [0.2, 0.25) is 5.02 Å². The first kappa shape index (κ1) is 13.8. The summed E-state index contributed by atoms with van der Waals surface area (Å²) in [4.78, 5) is 4.34. The molecule has 1 heterocycles. The fraction of sp³-hybridized carbons (Fsp3) is 0.0833. The third-order valence-corrected chi connectivity index (χ3v) is 4.04. The Morgan fingerprint density at radius 2 is 1.94 bits per heavy atom. The van der Waals surface area contributed by atoms with Crippen molar-refractivity contribution in [1.29, 1.82) is 0 Å². The Balaban J connectivity index is 2.37. The lowest BCUT2D eigenvalue weighted by molar-refractivity contribution is 0.627. The number of pyridine rings is 1. The lowest BCUT2D eigenvalue weighted by Crippen LogP contribution is -1.97. The molecule has 1 aromatic heterocycles. The Labute approximate surface area is 126 Å². The lowest BCUT2D eigenvalue weighted by atomic mass is 10.3. The van der Waals surface area contributed by atoms with Crippen molar-refractivity contribution in [2.75, 3.05) is 5.32 Å². The molecule has 2 rings (SSSR count). The Hall–Kier alpha value is -0.650. The smallest absolute Gasteiger partial charge is 0.130 e. The number of rotatable bonds is 2. The van der Waals surface area contributed by atoms with Crippen LogP contribution in [0.1, 0.15) is 5.69 Å². The molecule has 2 nitrogen and oxygen atoms in total. The lowest BCUT2D eigenvalue weighted by Gasteiger charge is -2.11. The first-order valence-electron chi connectivity index (χ1n) is 5.02. The van der Waals surface area contributed by atoms with Gasteiger partial charge >= 0.3 is 0 Å². The summed E-state index contributed by atoms with van der Waals surface area (Å²) in [5.41, 5.74) is 1.45. The predicted molar refractivity (Wildman–Crippen MR) is 79.1 cm³/mol. The molecule has 0 saturated heterocycles. The van der Waals surface area contributed by atoms with E-state index in [0.29, 0.717) is 21.0 Å². The average Bonchev–Trinajstić information content (AvgIpc) is 2.28. The molecule has 2 aromatic rings. The summed E-state index contributed by atoms with van der Waals surface area (Å²) in [5, 5.41) is 3.35. The maximum absolute atomic E-state index is 13.1. The first-order valence-corrected chi connectivity index (χ1v) is 6.98. The van der Waals surface area contributed by atoms with Gasteiger partial charge in [-0.2, -0.15) is 0 Å². The van der Waals surface area contributed by atoms with Crippen LogP contribution in [0.25, 0.3) is 0 Å². The fourth-order valence-electron chi connectivity index (χ4n) is 1.40. The van der Waals surface area contributed by atoms with E-state index in [4.69, 9.17) is 11.6 Å². The molecule has 6 heteroatoms. The van der Waals surface area contributed by atoms with Gasteiger partial charge in [-0.05, 0) is 63.0 Å². The van der Waals surface area contributed by atoms with Gasteiger partial charge in [0, 0.05) is 8.95 Å². The van der Waals surface area contributed by atoms with E-state index in [2.05, 4.69) is 42.2 Å². The van der Waals surface area contributed by atoms with Gasteiger partial charge in [0.2, 0.25) is 0 Å². The third-order valence-electron chi connectivity index (χ3n) is 2.28. The van der Waals surface area contributed by atoms with Crippen molar-refractivity contribution in [1.82, 2.24) is 4.98 Å². The van der Waals surface area contributed by atoms with Gasteiger partial charge in [0.1, 0.15) is 11.6 Å². The monoisotopic (exact) mass is 392 g/mol. The molecule has 0 amide bonds. The van der Waals surface area contributed by atoms with Crippen molar-refractivity contribution in [2.45, 2.75) is 6.92 Å². The predicted octanol–water partition coefficient (Wildman–Crippen LogP) is 5.45. The van der Waals surface area contributed by atoms with Gasteiger partial charge in [-0.25, -0.2) is 9.37 Å². The van der Waals surface area contributed by atoms with Crippen LogP contribution in [0.4, 0.5) is 15.9 Å². The van der Waals surface area contributed by atoms with Gasteiger partial charge in [0.15, 0.2) is 0 Å². The summed E-state index contributed by atoms with van der Waals surface area (Å²) in [6.07, 6.45) is 0. The molecule has 0 bridgehead atoms. The summed E-state index contributed by atoms with van der Waals surface area (Å²) >= 11 is 12.6. The molecular formula is C12H8Br2ClFN2. The minimum Gasteiger partial charge on any atom is -0.338 e. The summed E-state index contributed by atoms with van der Waals surface area (Å²) < 4.78 is 14.6. The second-order valence-electron chi connectivity index (χ2n) is 3.63. The van der Waals surface area contributed by atoms with E-state index in [-0.39, 0.29) is 0 Å². The van der Waals surface area contributed by atoms with Crippen molar-refractivity contribution in [3.05, 3.63) is 49.7 Å². The van der Waals surface area contributed by atoms with Crippen LogP contribution < -0.4 is 5.32 Å². The Morgan fingerprint density at radius 1 is 1.22 bits per heavy atom.